The minimum Gasteiger partial charge on any atom is -0.361 e. The molecule has 1 heteroatoms. The van der Waals surface area contributed by atoms with E-state index in [1.54, 1.807) is 0 Å². The molecule has 0 aliphatic carbocycles. The third kappa shape index (κ3) is 5.95. The van der Waals surface area contributed by atoms with Gasteiger partial charge in [0.2, 0.25) is 0 Å². The summed E-state index contributed by atoms with van der Waals surface area (Å²) in [6.45, 7) is 2.29. The Morgan fingerprint density at radius 2 is 1.43 bits per heavy atom. The largest absolute Gasteiger partial charge is 0.361 e. The summed E-state index contributed by atoms with van der Waals surface area (Å²) in [5, 5.41) is 1.35. The van der Waals surface area contributed by atoms with Gasteiger partial charge in [0.1, 0.15) is 0 Å². The van der Waals surface area contributed by atoms with Crippen LogP contribution in [-0.2, 0) is 6.42 Å². The fourth-order valence-corrected chi connectivity index (χ4v) is 3.07. The van der Waals surface area contributed by atoms with Crippen molar-refractivity contribution >= 4 is 10.9 Å². The number of nitrogens with one attached hydrogen (secondary N) is 1. The van der Waals surface area contributed by atoms with E-state index in [-0.39, 0.29) is 0 Å². The molecule has 1 aromatic heterocycles. The molecular formula is C20H31N. The van der Waals surface area contributed by atoms with Crippen molar-refractivity contribution < 1.29 is 0 Å². The summed E-state index contributed by atoms with van der Waals surface area (Å²) >= 11 is 0. The van der Waals surface area contributed by atoms with Crippen LogP contribution >= 0.6 is 0 Å². The molecule has 0 fully saturated rings. The van der Waals surface area contributed by atoms with Crippen LogP contribution in [0.5, 0.6) is 0 Å². The Morgan fingerprint density at radius 3 is 2.14 bits per heavy atom. The Kier molecular flexibility index (Phi) is 7.42. The van der Waals surface area contributed by atoms with Gasteiger partial charge < -0.3 is 4.98 Å². The molecule has 0 aliphatic heterocycles. The van der Waals surface area contributed by atoms with Crippen molar-refractivity contribution in [2.45, 2.75) is 77.6 Å². The lowest BCUT2D eigenvalue weighted by atomic mass is 10.0. The zero-order valence-corrected chi connectivity index (χ0v) is 13.7. The van der Waals surface area contributed by atoms with E-state index in [0.717, 1.165) is 0 Å². The second-order valence-electron chi connectivity index (χ2n) is 6.33. The number of aromatic amines is 1. The van der Waals surface area contributed by atoms with E-state index in [9.17, 15) is 0 Å². The topological polar surface area (TPSA) is 15.8 Å². The molecule has 1 N–H and O–H groups in total. The number of H-pyrrole nitrogens is 1. The van der Waals surface area contributed by atoms with Crippen molar-refractivity contribution in [1.82, 2.24) is 4.98 Å². The summed E-state index contributed by atoms with van der Waals surface area (Å²) in [6.07, 6.45) is 17.4. The molecule has 0 spiro atoms. The van der Waals surface area contributed by atoms with Gasteiger partial charge in [0.15, 0.2) is 0 Å². The number of aromatic nitrogens is 1. The monoisotopic (exact) mass is 285 g/mol. The standard InChI is InChI=1S/C20H31N/c1-2-3-4-5-6-7-8-9-10-11-12-18-13-14-20-19(17-18)15-16-21-20/h13-17,21H,2-12H2,1H3. The molecule has 21 heavy (non-hydrogen) atoms. The van der Waals surface area contributed by atoms with Crippen LogP contribution in [0.15, 0.2) is 30.5 Å². The highest BCUT2D eigenvalue weighted by atomic mass is 14.7. The number of hydrogen-bond acceptors (Lipinski definition) is 0. The molecule has 0 aliphatic rings. The first-order valence-electron chi connectivity index (χ1n) is 8.96. The first-order chi connectivity index (χ1) is 10.4. The average molecular weight is 285 g/mol. The Bertz CT molecular complexity index is 497. The van der Waals surface area contributed by atoms with Crippen molar-refractivity contribution in [3.8, 4) is 0 Å². The first-order valence-corrected chi connectivity index (χ1v) is 8.96. The first kappa shape index (κ1) is 16.1. The van der Waals surface area contributed by atoms with Gasteiger partial charge in [-0.25, -0.2) is 0 Å². The molecule has 2 aromatic rings. The van der Waals surface area contributed by atoms with Crippen LogP contribution in [0.1, 0.15) is 76.7 Å². The average Bonchev–Trinajstić information content (AvgIpc) is 2.97. The van der Waals surface area contributed by atoms with Crippen LogP contribution in [0.4, 0.5) is 0 Å². The summed E-state index contributed by atoms with van der Waals surface area (Å²) in [5.41, 5.74) is 2.74. The summed E-state index contributed by atoms with van der Waals surface area (Å²) in [4.78, 5) is 3.26. The molecule has 0 radical (unpaired) electrons. The zero-order valence-electron chi connectivity index (χ0n) is 13.7. The van der Waals surface area contributed by atoms with Crippen molar-refractivity contribution in [3.63, 3.8) is 0 Å². The molecule has 0 saturated carbocycles. The van der Waals surface area contributed by atoms with E-state index in [1.807, 2.05) is 6.20 Å². The van der Waals surface area contributed by atoms with E-state index in [4.69, 9.17) is 0 Å². The number of unbranched alkanes of at least 4 members (excludes halogenated alkanes) is 9. The number of rotatable bonds is 11. The summed E-state index contributed by atoms with van der Waals surface area (Å²) in [5.74, 6) is 0. The fourth-order valence-electron chi connectivity index (χ4n) is 3.07. The molecule has 0 saturated heterocycles. The summed E-state index contributed by atoms with van der Waals surface area (Å²) < 4.78 is 0. The van der Waals surface area contributed by atoms with Crippen LogP contribution in [0.3, 0.4) is 0 Å². The van der Waals surface area contributed by atoms with Crippen molar-refractivity contribution in [2.75, 3.05) is 0 Å². The quantitative estimate of drug-likeness (QED) is 0.446. The molecule has 1 aromatic carbocycles. The Labute approximate surface area is 130 Å². The maximum atomic E-state index is 3.26. The second-order valence-corrected chi connectivity index (χ2v) is 6.33. The molecule has 0 unspecified atom stereocenters. The molecular weight excluding hydrogens is 254 g/mol. The predicted octanol–water partition coefficient (Wildman–Crippen LogP) is 6.63. The highest BCUT2D eigenvalue weighted by molar-refractivity contribution is 5.79. The lowest BCUT2D eigenvalue weighted by molar-refractivity contribution is 0.556. The van der Waals surface area contributed by atoms with Crippen LogP contribution in [0, 0.1) is 0 Å². The number of hydrogen-bond donors (Lipinski definition) is 1. The van der Waals surface area contributed by atoms with E-state index < -0.39 is 0 Å². The minimum atomic E-state index is 1.23. The van der Waals surface area contributed by atoms with Gasteiger partial charge in [0.05, 0.1) is 0 Å². The lowest BCUT2D eigenvalue weighted by Crippen LogP contribution is -1.86. The third-order valence-electron chi connectivity index (χ3n) is 4.44. The molecule has 2 rings (SSSR count). The van der Waals surface area contributed by atoms with E-state index in [0.29, 0.717) is 0 Å². The smallest absolute Gasteiger partial charge is 0.0454 e. The van der Waals surface area contributed by atoms with Gasteiger partial charge in [0.25, 0.3) is 0 Å². The maximum absolute atomic E-state index is 3.26. The number of benzene rings is 1. The van der Waals surface area contributed by atoms with Crippen LogP contribution in [0.25, 0.3) is 10.9 Å². The highest BCUT2D eigenvalue weighted by Gasteiger charge is 1.98. The highest BCUT2D eigenvalue weighted by Crippen LogP contribution is 2.17. The van der Waals surface area contributed by atoms with Gasteiger partial charge in [-0.15, -0.1) is 0 Å². The van der Waals surface area contributed by atoms with Gasteiger partial charge in [-0.1, -0.05) is 70.8 Å². The summed E-state index contributed by atoms with van der Waals surface area (Å²) in [7, 11) is 0. The van der Waals surface area contributed by atoms with E-state index in [2.05, 4.69) is 36.2 Å². The van der Waals surface area contributed by atoms with Gasteiger partial charge >= 0.3 is 0 Å². The van der Waals surface area contributed by atoms with Gasteiger partial charge in [-0.3, -0.25) is 0 Å². The predicted molar refractivity (Wildman–Crippen MR) is 93.8 cm³/mol. The van der Waals surface area contributed by atoms with Crippen LogP contribution in [-0.4, -0.2) is 4.98 Å². The van der Waals surface area contributed by atoms with Crippen LogP contribution < -0.4 is 0 Å². The van der Waals surface area contributed by atoms with Crippen molar-refractivity contribution in [2.24, 2.45) is 0 Å². The third-order valence-corrected chi connectivity index (χ3v) is 4.44. The van der Waals surface area contributed by atoms with E-state index in [1.165, 1.54) is 87.1 Å². The molecule has 0 atom stereocenters. The normalized spacial score (nSPS) is 11.3. The lowest BCUT2D eigenvalue weighted by Gasteiger charge is -2.03. The van der Waals surface area contributed by atoms with Gasteiger partial charge in [-0.05, 0) is 42.0 Å². The Hall–Kier alpha value is -1.24. The molecule has 0 amide bonds. The molecule has 1 nitrogen and oxygen atoms in total. The fraction of sp³-hybridized carbons (Fsp3) is 0.600. The van der Waals surface area contributed by atoms with Gasteiger partial charge in [0, 0.05) is 11.7 Å². The van der Waals surface area contributed by atoms with Crippen molar-refractivity contribution in [3.05, 3.63) is 36.0 Å². The molecule has 116 valence electrons. The number of fused-ring (bicyclic) bond motifs is 1. The molecule has 1 heterocycles. The van der Waals surface area contributed by atoms with E-state index >= 15 is 0 Å². The maximum Gasteiger partial charge on any atom is 0.0454 e. The number of aryl methyl sites for hydroxylation is 1. The molecule has 0 bridgehead atoms. The zero-order chi connectivity index (χ0) is 14.8. The Morgan fingerprint density at radius 1 is 0.762 bits per heavy atom. The summed E-state index contributed by atoms with van der Waals surface area (Å²) in [6, 6.07) is 8.98. The Balaban J connectivity index is 1.49. The second kappa shape index (κ2) is 9.65. The van der Waals surface area contributed by atoms with Crippen molar-refractivity contribution in [1.29, 1.82) is 0 Å². The minimum absolute atomic E-state index is 1.23. The van der Waals surface area contributed by atoms with Gasteiger partial charge in [-0.2, -0.15) is 0 Å². The SMILES string of the molecule is CCCCCCCCCCCCc1ccc2[nH]ccc2c1. The van der Waals surface area contributed by atoms with Crippen LogP contribution in [0.2, 0.25) is 0 Å².